The number of tetrazole rings is 1. The molecule has 13 heteroatoms. The van der Waals surface area contributed by atoms with E-state index < -0.39 is 6.29 Å². The van der Waals surface area contributed by atoms with Crippen molar-refractivity contribution in [1.29, 1.82) is 0 Å². The number of nitrogens with zero attached hydrogens (tertiary/aromatic N) is 4. The molecule has 5 aromatic carbocycles. The fourth-order valence-corrected chi connectivity index (χ4v) is 7.86. The summed E-state index contributed by atoms with van der Waals surface area (Å²) in [6, 6.07) is 41.2. The Kier molecular flexibility index (Phi) is 14.5. The van der Waals surface area contributed by atoms with Crippen molar-refractivity contribution in [1.82, 2.24) is 25.5 Å². The third-order valence-electron chi connectivity index (χ3n) is 10.2. The fourth-order valence-electron chi connectivity index (χ4n) is 6.95. The van der Waals surface area contributed by atoms with Crippen molar-refractivity contribution in [3.8, 4) is 16.8 Å². The van der Waals surface area contributed by atoms with E-state index in [1.807, 2.05) is 91.0 Å². The summed E-state index contributed by atoms with van der Waals surface area (Å²) in [4.78, 5) is 25.0. The van der Waals surface area contributed by atoms with Gasteiger partial charge in [-0.3, -0.25) is 9.59 Å². The molecular formula is C46H49N7O5S. The van der Waals surface area contributed by atoms with Crippen molar-refractivity contribution in [2.24, 2.45) is 0 Å². The number of nitrogens with two attached hydrogens (primary N) is 1. The van der Waals surface area contributed by atoms with Crippen LogP contribution in [-0.2, 0) is 32.2 Å². The SMILES string of the molecule is Nc1ccccc1NC(=O)CCCCCCC(=O)NCc1cccc(-c2cccc([C@@H]3O[C@H](CSc4nnnn4-c4ccccc4)C[C@H](c4ccc(CO)cc4)O3)c2)c1. The summed E-state index contributed by atoms with van der Waals surface area (Å²) in [7, 11) is 0. The van der Waals surface area contributed by atoms with Gasteiger partial charge in [0.2, 0.25) is 17.0 Å². The van der Waals surface area contributed by atoms with E-state index in [1.54, 1.807) is 16.8 Å². The lowest BCUT2D eigenvalue weighted by Crippen LogP contribution is -2.31. The lowest BCUT2D eigenvalue weighted by atomic mass is 9.99. The van der Waals surface area contributed by atoms with Crippen LogP contribution in [0.15, 0.2) is 133 Å². The molecule has 12 nitrogen and oxygen atoms in total. The highest BCUT2D eigenvalue weighted by Gasteiger charge is 2.33. The van der Waals surface area contributed by atoms with Crippen LogP contribution in [0.2, 0.25) is 0 Å². The highest BCUT2D eigenvalue weighted by Crippen LogP contribution is 2.40. The number of para-hydroxylation sites is 3. The van der Waals surface area contributed by atoms with Crippen LogP contribution in [0.5, 0.6) is 0 Å². The van der Waals surface area contributed by atoms with Gasteiger partial charge >= 0.3 is 0 Å². The maximum Gasteiger partial charge on any atom is 0.224 e. The Morgan fingerprint density at radius 2 is 1.49 bits per heavy atom. The first kappa shape index (κ1) is 41.3. The number of thioether (sulfide) groups is 1. The molecule has 1 aromatic heterocycles. The average Bonchev–Trinajstić information content (AvgIpc) is 3.76. The van der Waals surface area contributed by atoms with Crippen molar-refractivity contribution in [2.45, 2.75) is 81.8 Å². The summed E-state index contributed by atoms with van der Waals surface area (Å²) in [5.41, 5.74) is 13.7. The average molecular weight is 812 g/mol. The van der Waals surface area contributed by atoms with Crippen molar-refractivity contribution >= 4 is 35.0 Å². The van der Waals surface area contributed by atoms with E-state index in [-0.39, 0.29) is 30.6 Å². The Hall–Kier alpha value is -5.86. The number of anilines is 2. The molecule has 6 aromatic rings. The van der Waals surface area contributed by atoms with Gasteiger partial charge in [-0.2, -0.15) is 4.68 Å². The molecule has 5 N–H and O–H groups in total. The molecule has 0 unspecified atom stereocenters. The quantitative estimate of drug-likeness (QED) is 0.0377. The highest BCUT2D eigenvalue weighted by atomic mass is 32.2. The van der Waals surface area contributed by atoms with Crippen molar-refractivity contribution in [3.63, 3.8) is 0 Å². The molecule has 1 aliphatic rings. The Morgan fingerprint density at radius 1 is 0.763 bits per heavy atom. The standard InChI is InChI=1S/C46H49N7O5S/c47-40-18-8-9-19-41(40)49-44(56)21-7-2-1-6-20-43(55)48-29-33-12-10-13-35(26-33)36-14-11-15-37(27-36)45-57-39(28-42(58-45)34-24-22-32(30-54)23-25-34)31-59-46-50-51-52-53(46)38-16-4-3-5-17-38/h3-5,8-19,22-27,39,42,45,54H,1-2,6-7,20-21,28-31,47H2,(H,48,55)(H,49,56)/t39-,42+,45+/m0/s1. The minimum Gasteiger partial charge on any atom is -0.397 e. The van der Waals surface area contributed by atoms with Crippen molar-refractivity contribution in [3.05, 3.63) is 150 Å². The van der Waals surface area contributed by atoms with Crippen LogP contribution < -0.4 is 16.4 Å². The van der Waals surface area contributed by atoms with E-state index in [0.717, 1.165) is 64.8 Å². The first-order valence-electron chi connectivity index (χ1n) is 20.0. The molecule has 0 spiro atoms. The van der Waals surface area contributed by atoms with E-state index >= 15 is 0 Å². The van der Waals surface area contributed by atoms with Crippen LogP contribution in [0.3, 0.4) is 0 Å². The number of benzene rings is 5. The van der Waals surface area contributed by atoms with Crippen LogP contribution in [0, 0.1) is 0 Å². The number of unbranched alkanes of at least 4 members (excludes halogenated alkanes) is 3. The van der Waals surface area contributed by atoms with E-state index in [4.69, 9.17) is 15.2 Å². The third-order valence-corrected chi connectivity index (χ3v) is 11.2. The predicted molar refractivity (Wildman–Crippen MR) is 229 cm³/mol. The topological polar surface area (TPSA) is 167 Å². The zero-order valence-electron chi connectivity index (χ0n) is 32.8. The number of hydrogen-bond acceptors (Lipinski definition) is 10. The van der Waals surface area contributed by atoms with Gasteiger partial charge in [-0.1, -0.05) is 116 Å². The summed E-state index contributed by atoms with van der Waals surface area (Å²) >= 11 is 1.54. The Labute approximate surface area is 348 Å². The smallest absolute Gasteiger partial charge is 0.224 e. The first-order valence-corrected chi connectivity index (χ1v) is 21.0. The predicted octanol–water partition coefficient (Wildman–Crippen LogP) is 8.34. The number of ether oxygens (including phenoxy) is 2. The van der Waals surface area contributed by atoms with Crippen LogP contribution in [-0.4, -0.2) is 49.0 Å². The summed E-state index contributed by atoms with van der Waals surface area (Å²) in [5, 5.41) is 28.6. The van der Waals surface area contributed by atoms with Gasteiger partial charge < -0.3 is 30.9 Å². The maximum absolute atomic E-state index is 12.7. The Morgan fingerprint density at radius 3 is 2.27 bits per heavy atom. The minimum absolute atomic E-state index is 0.00568. The normalized spacial score (nSPS) is 16.4. The molecule has 0 radical (unpaired) electrons. The molecule has 2 heterocycles. The molecule has 59 heavy (non-hydrogen) atoms. The summed E-state index contributed by atoms with van der Waals surface area (Å²) in [5.74, 6) is 0.557. The van der Waals surface area contributed by atoms with Gasteiger partial charge in [-0.15, -0.1) is 5.10 Å². The molecule has 7 rings (SSSR count). The number of aliphatic hydroxyl groups is 1. The summed E-state index contributed by atoms with van der Waals surface area (Å²) in [6.45, 7) is 0.401. The highest BCUT2D eigenvalue weighted by molar-refractivity contribution is 7.99. The number of carbonyl (C=O) groups excluding carboxylic acids is 2. The molecule has 304 valence electrons. The summed E-state index contributed by atoms with van der Waals surface area (Å²) < 4.78 is 15.0. The van der Waals surface area contributed by atoms with Crippen LogP contribution in [0.1, 0.15) is 79.6 Å². The minimum atomic E-state index is -0.629. The molecule has 3 atom stereocenters. The van der Waals surface area contributed by atoms with E-state index in [2.05, 4.69) is 50.4 Å². The Balaban J connectivity index is 0.934. The van der Waals surface area contributed by atoms with Crippen molar-refractivity contribution < 1.29 is 24.2 Å². The van der Waals surface area contributed by atoms with Gasteiger partial charge in [-0.25, -0.2) is 0 Å². The molecule has 1 aliphatic heterocycles. The number of carbonyl (C=O) groups is 2. The number of nitrogens with one attached hydrogen (secondary N) is 2. The van der Waals surface area contributed by atoms with Crippen LogP contribution >= 0.6 is 11.8 Å². The fraction of sp³-hybridized carbons (Fsp3) is 0.283. The summed E-state index contributed by atoms with van der Waals surface area (Å²) in [6.07, 6.45) is 3.71. The second-order valence-corrected chi connectivity index (χ2v) is 15.5. The van der Waals surface area contributed by atoms with Crippen LogP contribution in [0.4, 0.5) is 11.4 Å². The number of nitrogen functional groups attached to an aromatic ring is 1. The molecule has 2 amide bonds. The van der Waals surface area contributed by atoms with Gasteiger partial charge in [-0.05, 0) is 87.5 Å². The monoisotopic (exact) mass is 811 g/mol. The Bertz CT molecular complexity index is 2290. The molecular weight excluding hydrogens is 763 g/mol. The second kappa shape index (κ2) is 20.7. The lowest BCUT2D eigenvalue weighted by molar-refractivity contribution is -0.245. The van der Waals surface area contributed by atoms with Gasteiger partial charge in [0.25, 0.3) is 0 Å². The number of hydrogen-bond donors (Lipinski definition) is 4. The van der Waals surface area contributed by atoms with E-state index in [0.29, 0.717) is 48.1 Å². The molecule has 0 bridgehead atoms. The number of rotatable bonds is 18. The van der Waals surface area contributed by atoms with Gasteiger partial charge in [0, 0.05) is 37.1 Å². The van der Waals surface area contributed by atoms with Gasteiger partial charge in [0.1, 0.15) is 0 Å². The maximum atomic E-state index is 12.7. The van der Waals surface area contributed by atoms with E-state index in [1.165, 1.54) is 11.8 Å². The second-order valence-electron chi connectivity index (χ2n) is 14.5. The number of amides is 2. The van der Waals surface area contributed by atoms with E-state index in [9.17, 15) is 14.7 Å². The van der Waals surface area contributed by atoms with Crippen LogP contribution in [0.25, 0.3) is 16.8 Å². The van der Waals surface area contributed by atoms with Crippen molar-refractivity contribution in [2.75, 3.05) is 16.8 Å². The number of aromatic nitrogens is 4. The largest absolute Gasteiger partial charge is 0.397 e. The van der Waals surface area contributed by atoms with Gasteiger partial charge in [0.05, 0.1) is 35.9 Å². The van der Waals surface area contributed by atoms with Gasteiger partial charge in [0.15, 0.2) is 6.29 Å². The zero-order chi connectivity index (χ0) is 40.8. The molecule has 1 fully saturated rings. The lowest BCUT2D eigenvalue weighted by Gasteiger charge is -2.36. The molecule has 0 aliphatic carbocycles. The molecule has 0 saturated carbocycles. The number of aliphatic hydroxyl groups excluding tert-OH is 1. The zero-order valence-corrected chi connectivity index (χ0v) is 33.6. The first-order chi connectivity index (χ1) is 28.9. The third kappa shape index (κ3) is 11.6. The molecule has 1 saturated heterocycles.